The highest BCUT2D eigenvalue weighted by atomic mass is 16.5. The summed E-state index contributed by atoms with van der Waals surface area (Å²) in [5.74, 6) is 5.00. The summed E-state index contributed by atoms with van der Waals surface area (Å²) in [5, 5.41) is 14.9. The molecule has 2 atom stereocenters. The van der Waals surface area contributed by atoms with E-state index in [1.807, 2.05) is 12.1 Å². The van der Waals surface area contributed by atoms with Crippen molar-refractivity contribution in [2.45, 2.75) is 57.3 Å². The summed E-state index contributed by atoms with van der Waals surface area (Å²) in [6, 6.07) is 13.9. The molecule has 168 valence electrons. The molecule has 7 nitrogen and oxygen atoms in total. The van der Waals surface area contributed by atoms with E-state index in [1.165, 1.54) is 36.7 Å². The van der Waals surface area contributed by atoms with Gasteiger partial charge in [-0.2, -0.15) is 0 Å². The lowest BCUT2D eigenvalue weighted by Crippen LogP contribution is -2.54. The molecule has 1 unspecified atom stereocenters. The van der Waals surface area contributed by atoms with Crippen LogP contribution in [-0.2, 0) is 11.3 Å². The molecule has 7 heteroatoms. The van der Waals surface area contributed by atoms with Gasteiger partial charge in [-0.3, -0.25) is 14.8 Å². The minimum atomic E-state index is -1.04. The lowest BCUT2D eigenvalue weighted by atomic mass is 10.1. The Morgan fingerprint density at radius 1 is 1.03 bits per heavy atom. The van der Waals surface area contributed by atoms with Crippen molar-refractivity contribution in [3.63, 3.8) is 0 Å². The minimum Gasteiger partial charge on any atom is -0.339 e. The fourth-order valence-corrected chi connectivity index (χ4v) is 3.68. The van der Waals surface area contributed by atoms with Gasteiger partial charge in [-0.05, 0) is 61.7 Å². The maximum absolute atomic E-state index is 12.4. The van der Waals surface area contributed by atoms with Gasteiger partial charge < -0.3 is 16.4 Å². The molecule has 2 amide bonds. The SMILES string of the molecule is C[C@@H](N)C(NC(=O)c1ccc(C#Cc2ccc(CNC3CCCC3)cc2)cc1)C(=O)NO. The number of nitrogens with two attached hydrogens (primary N) is 1. The van der Waals surface area contributed by atoms with Gasteiger partial charge in [0.05, 0.1) is 0 Å². The fourth-order valence-electron chi connectivity index (χ4n) is 3.68. The van der Waals surface area contributed by atoms with Gasteiger partial charge in [0.2, 0.25) is 0 Å². The zero-order chi connectivity index (χ0) is 22.9. The predicted molar refractivity (Wildman–Crippen MR) is 123 cm³/mol. The molecule has 0 heterocycles. The molecule has 0 radical (unpaired) electrons. The van der Waals surface area contributed by atoms with E-state index in [1.54, 1.807) is 31.2 Å². The van der Waals surface area contributed by atoms with E-state index in [0.717, 1.165) is 17.7 Å². The second-order valence-corrected chi connectivity index (χ2v) is 8.17. The van der Waals surface area contributed by atoms with Crippen molar-refractivity contribution in [1.29, 1.82) is 0 Å². The molecular weight excluding hydrogens is 404 g/mol. The second kappa shape index (κ2) is 11.4. The van der Waals surface area contributed by atoms with Crippen LogP contribution < -0.4 is 21.8 Å². The van der Waals surface area contributed by atoms with E-state index in [0.29, 0.717) is 11.6 Å². The van der Waals surface area contributed by atoms with Gasteiger partial charge in [0, 0.05) is 35.3 Å². The molecule has 3 rings (SSSR count). The van der Waals surface area contributed by atoms with Gasteiger partial charge in [-0.25, -0.2) is 5.48 Å². The van der Waals surface area contributed by atoms with Crippen molar-refractivity contribution >= 4 is 11.8 Å². The molecule has 2 aromatic carbocycles. The number of hydrogen-bond donors (Lipinski definition) is 5. The van der Waals surface area contributed by atoms with Crippen molar-refractivity contribution in [1.82, 2.24) is 16.1 Å². The lowest BCUT2D eigenvalue weighted by Gasteiger charge is -2.20. The average Bonchev–Trinajstić information content (AvgIpc) is 3.34. The van der Waals surface area contributed by atoms with E-state index < -0.39 is 23.9 Å². The third-order valence-electron chi connectivity index (χ3n) is 5.61. The Bertz CT molecular complexity index is 969. The van der Waals surface area contributed by atoms with Crippen LogP contribution >= 0.6 is 0 Å². The molecule has 1 saturated carbocycles. The Balaban J connectivity index is 1.56. The first kappa shape index (κ1) is 23.5. The van der Waals surface area contributed by atoms with Crippen LogP contribution in [-0.4, -0.2) is 35.1 Å². The van der Waals surface area contributed by atoms with Gasteiger partial charge in [0.25, 0.3) is 11.8 Å². The van der Waals surface area contributed by atoms with Crippen molar-refractivity contribution in [3.05, 3.63) is 70.8 Å². The van der Waals surface area contributed by atoms with Crippen LogP contribution in [0.1, 0.15) is 59.7 Å². The topological polar surface area (TPSA) is 116 Å². The summed E-state index contributed by atoms with van der Waals surface area (Å²) in [5.41, 5.74) is 10.5. The number of nitrogens with one attached hydrogen (secondary N) is 3. The molecule has 0 bridgehead atoms. The fraction of sp³-hybridized carbons (Fsp3) is 0.360. The van der Waals surface area contributed by atoms with E-state index in [9.17, 15) is 9.59 Å². The molecule has 6 N–H and O–H groups in total. The van der Waals surface area contributed by atoms with Crippen LogP contribution in [0, 0.1) is 11.8 Å². The molecule has 1 fully saturated rings. The molecule has 0 saturated heterocycles. The molecular formula is C25H30N4O3. The van der Waals surface area contributed by atoms with E-state index >= 15 is 0 Å². The van der Waals surface area contributed by atoms with Crippen LogP contribution in [0.25, 0.3) is 0 Å². The van der Waals surface area contributed by atoms with Crippen molar-refractivity contribution < 1.29 is 14.8 Å². The molecule has 1 aliphatic carbocycles. The Kier molecular flexibility index (Phi) is 8.40. The Morgan fingerprint density at radius 3 is 2.12 bits per heavy atom. The molecule has 32 heavy (non-hydrogen) atoms. The van der Waals surface area contributed by atoms with Gasteiger partial charge >= 0.3 is 0 Å². The van der Waals surface area contributed by atoms with Crippen molar-refractivity contribution in [2.24, 2.45) is 5.73 Å². The third-order valence-corrected chi connectivity index (χ3v) is 5.61. The van der Waals surface area contributed by atoms with Crippen molar-refractivity contribution in [2.75, 3.05) is 0 Å². The van der Waals surface area contributed by atoms with E-state index in [2.05, 4.69) is 34.6 Å². The standard InChI is InChI=1S/C25H30N4O3/c1-17(26)23(25(31)29-32)28-24(30)21-14-12-19(13-15-21)7-6-18-8-10-20(11-9-18)16-27-22-4-2-3-5-22/h8-15,17,22-23,27,32H,2-5,16,26H2,1H3,(H,28,30)(H,29,31)/t17-,23?/m1/s1. The monoisotopic (exact) mass is 434 g/mol. The summed E-state index contributed by atoms with van der Waals surface area (Å²) >= 11 is 0. The maximum atomic E-state index is 12.4. The summed E-state index contributed by atoms with van der Waals surface area (Å²) < 4.78 is 0. The molecule has 0 aliphatic heterocycles. The Labute approximate surface area is 188 Å². The highest BCUT2D eigenvalue weighted by molar-refractivity contribution is 5.97. The van der Waals surface area contributed by atoms with Crippen LogP contribution in [0.15, 0.2) is 48.5 Å². The lowest BCUT2D eigenvalue weighted by molar-refractivity contribution is -0.131. The summed E-state index contributed by atoms with van der Waals surface area (Å²) in [6.45, 7) is 2.45. The first-order chi connectivity index (χ1) is 15.5. The Hall–Kier alpha value is -3.18. The number of hydroxylamine groups is 1. The first-order valence-corrected chi connectivity index (χ1v) is 10.9. The van der Waals surface area contributed by atoms with Crippen LogP contribution in [0.2, 0.25) is 0 Å². The Morgan fingerprint density at radius 2 is 1.59 bits per heavy atom. The van der Waals surface area contributed by atoms with Crippen molar-refractivity contribution in [3.8, 4) is 11.8 Å². The van der Waals surface area contributed by atoms with Gasteiger partial charge in [-0.1, -0.05) is 36.8 Å². The van der Waals surface area contributed by atoms with Crippen LogP contribution in [0.5, 0.6) is 0 Å². The number of amides is 2. The zero-order valence-electron chi connectivity index (χ0n) is 18.2. The van der Waals surface area contributed by atoms with Crippen LogP contribution in [0.3, 0.4) is 0 Å². The zero-order valence-corrected chi connectivity index (χ0v) is 18.2. The highest BCUT2D eigenvalue weighted by Crippen LogP contribution is 2.18. The maximum Gasteiger partial charge on any atom is 0.267 e. The highest BCUT2D eigenvalue weighted by Gasteiger charge is 2.24. The molecule has 2 aromatic rings. The smallest absolute Gasteiger partial charge is 0.267 e. The molecule has 0 aromatic heterocycles. The number of benzene rings is 2. The number of carbonyl (C=O) groups is 2. The predicted octanol–water partition coefficient (Wildman–Crippen LogP) is 2.07. The average molecular weight is 435 g/mol. The van der Waals surface area contributed by atoms with E-state index in [-0.39, 0.29) is 0 Å². The molecule has 1 aliphatic rings. The van der Waals surface area contributed by atoms with Crippen LogP contribution in [0.4, 0.5) is 0 Å². The quantitative estimate of drug-likeness (QED) is 0.260. The first-order valence-electron chi connectivity index (χ1n) is 10.9. The van der Waals surface area contributed by atoms with E-state index in [4.69, 9.17) is 10.9 Å². The number of carbonyl (C=O) groups excluding carboxylic acids is 2. The normalized spacial score (nSPS) is 15.3. The third kappa shape index (κ3) is 6.66. The summed E-state index contributed by atoms with van der Waals surface area (Å²) in [7, 11) is 0. The summed E-state index contributed by atoms with van der Waals surface area (Å²) in [6.07, 6.45) is 5.20. The largest absolute Gasteiger partial charge is 0.339 e. The number of hydrogen-bond acceptors (Lipinski definition) is 5. The molecule has 0 spiro atoms. The minimum absolute atomic E-state index is 0.367. The van der Waals surface area contributed by atoms with Gasteiger partial charge in [0.1, 0.15) is 6.04 Å². The van der Waals surface area contributed by atoms with Gasteiger partial charge in [-0.15, -0.1) is 0 Å². The van der Waals surface area contributed by atoms with Gasteiger partial charge in [0.15, 0.2) is 0 Å². The summed E-state index contributed by atoms with van der Waals surface area (Å²) in [4.78, 5) is 24.0. The number of rotatable bonds is 7. The second-order valence-electron chi connectivity index (χ2n) is 8.17.